The smallest absolute Gasteiger partial charge is 0.357 e. The number of nitrogens with one attached hydrogen (secondary N) is 2. The number of hydrogen-bond donors (Lipinski definition) is 3. The van der Waals surface area contributed by atoms with E-state index in [-0.39, 0.29) is 10.6 Å². The molecule has 1 aromatic heterocycles. The van der Waals surface area contributed by atoms with E-state index in [1.807, 2.05) is 6.92 Å². The molecule has 0 radical (unpaired) electrons. The Hall–Kier alpha value is -1.62. The van der Waals surface area contributed by atoms with Gasteiger partial charge in [0.25, 0.3) is 10.0 Å². The van der Waals surface area contributed by atoms with Crippen molar-refractivity contribution < 1.29 is 18.3 Å². The number of benzene rings is 1. The van der Waals surface area contributed by atoms with E-state index >= 15 is 0 Å². The van der Waals surface area contributed by atoms with Crippen molar-refractivity contribution in [1.82, 2.24) is 10.2 Å². The van der Waals surface area contributed by atoms with Crippen molar-refractivity contribution in [1.29, 1.82) is 0 Å². The molecule has 0 aliphatic rings. The summed E-state index contributed by atoms with van der Waals surface area (Å²) in [7, 11) is -4.03. The lowest BCUT2D eigenvalue weighted by Gasteiger charge is -2.09. The van der Waals surface area contributed by atoms with Crippen LogP contribution in [-0.4, -0.2) is 29.7 Å². The van der Waals surface area contributed by atoms with E-state index in [1.165, 1.54) is 6.92 Å². The zero-order valence-corrected chi connectivity index (χ0v) is 14.1. The summed E-state index contributed by atoms with van der Waals surface area (Å²) in [6, 6.07) is 5.06. The second kappa shape index (κ2) is 5.64. The topological polar surface area (TPSA) is 112 Å². The molecule has 2 rings (SSSR count). The molecule has 0 aliphatic carbocycles. The number of aryl methyl sites for hydroxylation is 2. The van der Waals surface area contributed by atoms with Gasteiger partial charge in [-0.05, 0) is 54.1 Å². The Bertz CT molecular complexity index is 814. The van der Waals surface area contributed by atoms with Gasteiger partial charge < -0.3 is 5.11 Å². The lowest BCUT2D eigenvalue weighted by Crippen LogP contribution is -2.17. The maximum atomic E-state index is 12.4. The molecule has 0 unspecified atom stereocenters. The second-order valence-electron chi connectivity index (χ2n) is 4.40. The first-order valence-corrected chi connectivity index (χ1v) is 8.36. The lowest BCUT2D eigenvalue weighted by molar-refractivity contribution is 0.0686. The maximum Gasteiger partial charge on any atom is 0.357 e. The molecule has 0 saturated heterocycles. The molecule has 0 aliphatic heterocycles. The van der Waals surface area contributed by atoms with Gasteiger partial charge in [0, 0.05) is 9.26 Å². The minimum atomic E-state index is -4.03. The predicted molar refractivity (Wildman–Crippen MR) is 85.0 cm³/mol. The number of nitrogens with zero attached hydrogens (tertiary/aromatic N) is 1. The molecular weight excluding hydrogens is 409 g/mol. The molecule has 0 bridgehead atoms. The van der Waals surface area contributed by atoms with Crippen LogP contribution in [0, 0.1) is 17.4 Å². The highest BCUT2D eigenvalue weighted by atomic mass is 127. The summed E-state index contributed by atoms with van der Waals surface area (Å²) in [5, 5.41) is 14.9. The summed E-state index contributed by atoms with van der Waals surface area (Å²) < 4.78 is 28.0. The highest BCUT2D eigenvalue weighted by Gasteiger charge is 2.28. The molecule has 0 spiro atoms. The minimum absolute atomic E-state index is 0.168. The monoisotopic (exact) mass is 421 g/mol. The molecule has 0 atom stereocenters. The molecular formula is C12H12IN3O4S. The van der Waals surface area contributed by atoms with Crippen LogP contribution >= 0.6 is 22.6 Å². The fraction of sp³-hybridized carbons (Fsp3) is 0.167. The van der Waals surface area contributed by atoms with Gasteiger partial charge in [-0.25, -0.2) is 13.2 Å². The number of hydrogen-bond acceptors (Lipinski definition) is 4. The molecule has 2 aromatic rings. The quantitative estimate of drug-likeness (QED) is 0.655. The van der Waals surface area contributed by atoms with Crippen molar-refractivity contribution in [2.24, 2.45) is 0 Å². The Morgan fingerprint density at radius 3 is 2.62 bits per heavy atom. The third-order valence-electron chi connectivity index (χ3n) is 2.79. The number of aromatic carboxylic acids is 1. The van der Waals surface area contributed by atoms with Crippen LogP contribution in [0.4, 0.5) is 5.69 Å². The van der Waals surface area contributed by atoms with Crippen molar-refractivity contribution in [2.75, 3.05) is 4.72 Å². The molecule has 0 fully saturated rings. The molecule has 0 amide bonds. The van der Waals surface area contributed by atoms with E-state index in [0.717, 1.165) is 9.13 Å². The van der Waals surface area contributed by atoms with Crippen LogP contribution in [0.15, 0.2) is 23.1 Å². The molecule has 0 saturated carbocycles. The van der Waals surface area contributed by atoms with Crippen LogP contribution in [-0.2, 0) is 10.0 Å². The van der Waals surface area contributed by atoms with E-state index in [0.29, 0.717) is 5.69 Å². The summed E-state index contributed by atoms with van der Waals surface area (Å²) in [5.74, 6) is -1.40. The fourth-order valence-corrected chi connectivity index (χ4v) is 3.65. The Labute approximate surface area is 135 Å². The Morgan fingerprint density at radius 1 is 1.38 bits per heavy atom. The minimum Gasteiger partial charge on any atom is -0.476 e. The van der Waals surface area contributed by atoms with E-state index in [1.54, 1.807) is 18.2 Å². The van der Waals surface area contributed by atoms with Gasteiger partial charge in [-0.3, -0.25) is 9.82 Å². The van der Waals surface area contributed by atoms with Crippen LogP contribution in [0.2, 0.25) is 0 Å². The summed E-state index contributed by atoms with van der Waals surface area (Å²) in [5.41, 5.74) is 1.02. The van der Waals surface area contributed by atoms with Crippen molar-refractivity contribution in [3.05, 3.63) is 38.7 Å². The number of anilines is 1. The fourth-order valence-electron chi connectivity index (χ4n) is 1.76. The second-order valence-corrected chi connectivity index (χ2v) is 7.18. The van der Waals surface area contributed by atoms with Crippen LogP contribution in [0.3, 0.4) is 0 Å². The number of aromatic amines is 1. The molecule has 21 heavy (non-hydrogen) atoms. The molecule has 9 heteroatoms. The van der Waals surface area contributed by atoms with E-state index in [2.05, 4.69) is 37.5 Å². The number of sulfonamides is 1. The van der Waals surface area contributed by atoms with Gasteiger partial charge in [-0.15, -0.1) is 0 Å². The van der Waals surface area contributed by atoms with Gasteiger partial charge in [0.1, 0.15) is 4.90 Å². The zero-order valence-electron chi connectivity index (χ0n) is 11.1. The average molecular weight is 421 g/mol. The largest absolute Gasteiger partial charge is 0.476 e. The van der Waals surface area contributed by atoms with E-state index < -0.39 is 21.7 Å². The molecule has 3 N–H and O–H groups in total. The number of carboxylic acid groups (broad SMARTS) is 1. The van der Waals surface area contributed by atoms with Gasteiger partial charge in [-0.2, -0.15) is 5.10 Å². The van der Waals surface area contributed by atoms with Gasteiger partial charge in [-0.1, -0.05) is 6.07 Å². The Kier molecular flexibility index (Phi) is 4.23. The van der Waals surface area contributed by atoms with Crippen molar-refractivity contribution in [2.45, 2.75) is 18.7 Å². The average Bonchev–Trinajstić information content (AvgIpc) is 2.76. The normalized spacial score (nSPS) is 11.4. The zero-order chi connectivity index (χ0) is 15.8. The van der Waals surface area contributed by atoms with Gasteiger partial charge in [0.2, 0.25) is 0 Å². The molecule has 1 aromatic carbocycles. The van der Waals surface area contributed by atoms with E-state index in [9.17, 15) is 13.2 Å². The molecule has 1 heterocycles. The first kappa shape index (κ1) is 15.8. The number of halogens is 1. The molecule has 112 valence electrons. The number of carboxylic acids is 1. The van der Waals surface area contributed by atoms with Crippen molar-refractivity contribution in [3.63, 3.8) is 0 Å². The maximum absolute atomic E-state index is 12.4. The number of carbonyl (C=O) groups is 1. The van der Waals surface area contributed by atoms with Crippen LogP contribution in [0.25, 0.3) is 0 Å². The predicted octanol–water partition coefficient (Wildman–Crippen LogP) is 2.13. The summed E-state index contributed by atoms with van der Waals surface area (Å²) in [6.45, 7) is 3.36. The third kappa shape index (κ3) is 3.18. The van der Waals surface area contributed by atoms with Crippen molar-refractivity contribution in [3.8, 4) is 0 Å². The Morgan fingerprint density at radius 2 is 2.05 bits per heavy atom. The first-order valence-electron chi connectivity index (χ1n) is 5.79. The van der Waals surface area contributed by atoms with Gasteiger partial charge in [0.05, 0.1) is 5.69 Å². The third-order valence-corrected chi connectivity index (χ3v) is 5.49. The Balaban J connectivity index is 2.45. The SMILES string of the molecule is Cc1ccc(NS(=O)(=O)c2c(C(=O)O)n[nH]c2C)cc1I. The van der Waals surface area contributed by atoms with Crippen LogP contribution in [0.5, 0.6) is 0 Å². The standard InChI is InChI=1S/C12H12IN3O4S/c1-6-3-4-8(5-9(6)13)16-21(19,20)11-7(2)14-15-10(11)12(17)18/h3-5,16H,1-2H3,(H,14,15)(H,17,18). The van der Waals surface area contributed by atoms with Crippen LogP contribution < -0.4 is 4.72 Å². The number of H-pyrrole nitrogens is 1. The number of aromatic nitrogens is 2. The summed E-state index contributed by atoms with van der Waals surface area (Å²) in [4.78, 5) is 10.7. The first-order chi connectivity index (χ1) is 9.72. The highest BCUT2D eigenvalue weighted by Crippen LogP contribution is 2.23. The lowest BCUT2D eigenvalue weighted by atomic mass is 10.2. The van der Waals surface area contributed by atoms with Crippen LogP contribution in [0.1, 0.15) is 21.7 Å². The van der Waals surface area contributed by atoms with Crippen molar-refractivity contribution >= 4 is 44.3 Å². The summed E-state index contributed by atoms with van der Waals surface area (Å²) >= 11 is 2.09. The van der Waals surface area contributed by atoms with Gasteiger partial charge in [0.15, 0.2) is 5.69 Å². The highest BCUT2D eigenvalue weighted by molar-refractivity contribution is 14.1. The number of rotatable bonds is 4. The van der Waals surface area contributed by atoms with E-state index in [4.69, 9.17) is 5.11 Å². The van der Waals surface area contributed by atoms with Gasteiger partial charge >= 0.3 is 5.97 Å². The molecule has 7 nitrogen and oxygen atoms in total. The summed E-state index contributed by atoms with van der Waals surface area (Å²) in [6.07, 6.45) is 0.